The number of hydrogen-bond acceptors (Lipinski definition) is 6. The predicted octanol–water partition coefficient (Wildman–Crippen LogP) is 6.23. The van der Waals surface area contributed by atoms with E-state index < -0.39 is 0 Å². The molecule has 4 rings (SSSR count). The second-order valence-corrected chi connectivity index (χ2v) is 8.97. The van der Waals surface area contributed by atoms with E-state index in [0.29, 0.717) is 22.9 Å². The third-order valence-corrected chi connectivity index (χ3v) is 6.83. The van der Waals surface area contributed by atoms with Gasteiger partial charge in [-0.1, -0.05) is 24.3 Å². The third kappa shape index (κ3) is 4.89. The number of methoxy groups -OCH3 is 2. The second-order valence-electron chi connectivity index (χ2n) is 7.75. The van der Waals surface area contributed by atoms with Gasteiger partial charge in [0.2, 0.25) is 0 Å². The van der Waals surface area contributed by atoms with Crippen molar-refractivity contribution in [3.63, 3.8) is 0 Å². The van der Waals surface area contributed by atoms with Gasteiger partial charge in [0.25, 0.3) is 5.91 Å². The van der Waals surface area contributed by atoms with Crippen LogP contribution in [0.1, 0.15) is 38.0 Å². The zero-order chi connectivity index (χ0) is 24.1. The van der Waals surface area contributed by atoms with Gasteiger partial charge in [0, 0.05) is 27.8 Å². The van der Waals surface area contributed by atoms with E-state index in [9.17, 15) is 4.79 Å². The van der Waals surface area contributed by atoms with Crippen molar-refractivity contribution in [1.29, 1.82) is 0 Å². The van der Waals surface area contributed by atoms with Gasteiger partial charge in [0.05, 0.1) is 20.3 Å². The standard InChI is InChI=1S/C27H27N3O3S/c1-17-18(2)34-27(30-26(31)19-10-6-5-7-11-19)24(17)25(29-23-12-8-9-15-28-23)21-16-20(32-3)13-14-22(21)33-4/h5-16,25H,1-4H3,(H,28,29)(H,30,31)/t25-/m0/s1. The van der Waals surface area contributed by atoms with Gasteiger partial charge in [0.15, 0.2) is 0 Å². The minimum absolute atomic E-state index is 0.155. The smallest absolute Gasteiger partial charge is 0.256 e. The maximum absolute atomic E-state index is 13.0. The highest BCUT2D eigenvalue weighted by molar-refractivity contribution is 7.16. The minimum atomic E-state index is -0.351. The molecule has 0 saturated heterocycles. The van der Waals surface area contributed by atoms with Crippen molar-refractivity contribution in [3.8, 4) is 11.5 Å². The highest BCUT2D eigenvalue weighted by atomic mass is 32.1. The average Bonchev–Trinajstić information content (AvgIpc) is 3.15. The monoisotopic (exact) mass is 473 g/mol. The van der Waals surface area contributed by atoms with E-state index >= 15 is 0 Å². The van der Waals surface area contributed by atoms with Crippen molar-refractivity contribution < 1.29 is 14.3 Å². The number of nitrogens with zero attached hydrogens (tertiary/aromatic N) is 1. The Hall–Kier alpha value is -3.84. The Labute approximate surface area is 203 Å². The van der Waals surface area contributed by atoms with Crippen LogP contribution in [0.15, 0.2) is 72.9 Å². The maximum Gasteiger partial charge on any atom is 0.256 e. The number of anilines is 2. The first kappa shape index (κ1) is 23.3. The molecule has 2 heterocycles. The largest absolute Gasteiger partial charge is 0.497 e. The van der Waals surface area contributed by atoms with E-state index in [1.165, 1.54) is 0 Å². The third-order valence-electron chi connectivity index (χ3n) is 5.69. The molecule has 0 saturated carbocycles. The van der Waals surface area contributed by atoms with Crippen LogP contribution in [0.3, 0.4) is 0 Å². The van der Waals surface area contributed by atoms with Crippen LogP contribution < -0.4 is 20.1 Å². The Morgan fingerprint density at radius 2 is 1.74 bits per heavy atom. The van der Waals surface area contributed by atoms with Gasteiger partial charge in [-0.2, -0.15) is 0 Å². The Bertz CT molecular complexity index is 1270. The number of amides is 1. The van der Waals surface area contributed by atoms with Gasteiger partial charge in [0.1, 0.15) is 22.3 Å². The van der Waals surface area contributed by atoms with Gasteiger partial charge in [-0.05, 0) is 61.9 Å². The normalized spacial score (nSPS) is 11.5. The van der Waals surface area contributed by atoms with E-state index in [-0.39, 0.29) is 11.9 Å². The molecule has 174 valence electrons. The Kier molecular flexibility index (Phi) is 7.13. The summed E-state index contributed by atoms with van der Waals surface area (Å²) in [5, 5.41) is 7.47. The number of hydrogen-bond donors (Lipinski definition) is 2. The summed E-state index contributed by atoms with van der Waals surface area (Å²) in [4.78, 5) is 18.6. The maximum atomic E-state index is 13.0. The van der Waals surface area contributed by atoms with E-state index in [1.807, 2.05) is 54.6 Å². The van der Waals surface area contributed by atoms with Crippen LogP contribution in [0.25, 0.3) is 0 Å². The number of rotatable bonds is 8. The quantitative estimate of drug-likeness (QED) is 0.317. The lowest BCUT2D eigenvalue weighted by Gasteiger charge is -2.24. The Balaban J connectivity index is 1.85. The molecule has 1 atom stereocenters. The molecule has 0 aliphatic carbocycles. The molecule has 0 bridgehead atoms. The first-order valence-corrected chi connectivity index (χ1v) is 11.7. The van der Waals surface area contributed by atoms with Crippen molar-refractivity contribution in [2.24, 2.45) is 0 Å². The molecule has 34 heavy (non-hydrogen) atoms. The average molecular weight is 474 g/mol. The summed E-state index contributed by atoms with van der Waals surface area (Å²) in [5.41, 5.74) is 3.53. The molecule has 0 spiro atoms. The molecule has 6 nitrogen and oxygen atoms in total. The van der Waals surface area contributed by atoms with Gasteiger partial charge in [-0.3, -0.25) is 4.79 Å². The summed E-state index contributed by atoms with van der Waals surface area (Å²) in [6, 6.07) is 20.3. The number of pyridine rings is 1. The van der Waals surface area contributed by atoms with Crippen molar-refractivity contribution in [2.45, 2.75) is 19.9 Å². The Morgan fingerprint density at radius 3 is 2.41 bits per heavy atom. The van der Waals surface area contributed by atoms with Crippen molar-refractivity contribution >= 4 is 28.1 Å². The van der Waals surface area contributed by atoms with Gasteiger partial charge < -0.3 is 20.1 Å². The first-order valence-electron chi connectivity index (χ1n) is 10.9. The molecule has 0 radical (unpaired) electrons. The number of carbonyl (C=O) groups excluding carboxylic acids is 1. The van der Waals surface area contributed by atoms with Gasteiger partial charge in [-0.25, -0.2) is 4.98 Å². The molecule has 0 aliphatic heterocycles. The molecule has 7 heteroatoms. The van der Waals surface area contributed by atoms with Crippen molar-refractivity contribution in [2.75, 3.05) is 24.9 Å². The molecular weight excluding hydrogens is 446 g/mol. The zero-order valence-corrected chi connectivity index (χ0v) is 20.4. The zero-order valence-electron chi connectivity index (χ0n) is 19.6. The fourth-order valence-electron chi connectivity index (χ4n) is 3.82. The summed E-state index contributed by atoms with van der Waals surface area (Å²) < 4.78 is 11.2. The van der Waals surface area contributed by atoms with Crippen LogP contribution in [0, 0.1) is 13.8 Å². The topological polar surface area (TPSA) is 72.5 Å². The molecule has 1 amide bonds. The fraction of sp³-hybridized carbons (Fsp3) is 0.185. The fourth-order valence-corrected chi connectivity index (χ4v) is 4.91. The lowest BCUT2D eigenvalue weighted by molar-refractivity contribution is 0.102. The van der Waals surface area contributed by atoms with Crippen molar-refractivity contribution in [3.05, 3.63) is 100 Å². The lowest BCUT2D eigenvalue weighted by Crippen LogP contribution is -2.18. The van der Waals surface area contributed by atoms with Crippen LogP contribution in [-0.4, -0.2) is 25.1 Å². The first-order chi connectivity index (χ1) is 16.5. The number of nitrogens with one attached hydrogen (secondary N) is 2. The molecular formula is C27H27N3O3S. The molecule has 0 fully saturated rings. The molecule has 0 unspecified atom stereocenters. The van der Waals surface area contributed by atoms with E-state index in [1.54, 1.807) is 43.9 Å². The summed E-state index contributed by atoms with van der Waals surface area (Å²) in [6.45, 7) is 4.13. The number of thiophene rings is 1. The van der Waals surface area contributed by atoms with Crippen molar-refractivity contribution in [1.82, 2.24) is 4.98 Å². The van der Waals surface area contributed by atoms with E-state index in [2.05, 4.69) is 29.5 Å². The van der Waals surface area contributed by atoms with E-state index in [4.69, 9.17) is 9.47 Å². The predicted molar refractivity (Wildman–Crippen MR) is 137 cm³/mol. The summed E-state index contributed by atoms with van der Waals surface area (Å²) in [6.07, 6.45) is 1.74. The highest BCUT2D eigenvalue weighted by Gasteiger charge is 2.28. The molecule has 2 aromatic carbocycles. The molecule has 4 aromatic rings. The van der Waals surface area contributed by atoms with Gasteiger partial charge in [-0.15, -0.1) is 11.3 Å². The number of carbonyl (C=O) groups is 1. The van der Waals surface area contributed by atoms with E-state index in [0.717, 1.165) is 26.6 Å². The lowest BCUT2D eigenvalue weighted by atomic mass is 9.95. The number of benzene rings is 2. The highest BCUT2D eigenvalue weighted by Crippen LogP contribution is 2.44. The second kappa shape index (κ2) is 10.4. The number of ether oxygens (including phenoxy) is 2. The van der Waals surface area contributed by atoms with Crippen LogP contribution in [0.5, 0.6) is 11.5 Å². The SMILES string of the molecule is COc1ccc(OC)c([C@H](Nc2ccccn2)c2c(NC(=O)c3ccccc3)sc(C)c2C)c1. The summed E-state index contributed by atoms with van der Waals surface area (Å²) in [7, 11) is 3.28. The van der Waals surface area contributed by atoms with Crippen LogP contribution in [0.2, 0.25) is 0 Å². The number of aromatic nitrogens is 1. The summed E-state index contributed by atoms with van der Waals surface area (Å²) in [5.74, 6) is 1.97. The summed E-state index contributed by atoms with van der Waals surface area (Å²) >= 11 is 1.56. The van der Waals surface area contributed by atoms with Crippen LogP contribution in [0.4, 0.5) is 10.8 Å². The number of aryl methyl sites for hydroxylation is 1. The van der Waals surface area contributed by atoms with Gasteiger partial charge >= 0.3 is 0 Å². The molecule has 0 aliphatic rings. The Morgan fingerprint density at radius 1 is 0.971 bits per heavy atom. The molecule has 2 aromatic heterocycles. The van der Waals surface area contributed by atoms with Crippen LogP contribution in [-0.2, 0) is 0 Å². The van der Waals surface area contributed by atoms with Crippen LogP contribution >= 0.6 is 11.3 Å². The molecule has 2 N–H and O–H groups in total. The minimum Gasteiger partial charge on any atom is -0.497 e.